The zero-order valence-corrected chi connectivity index (χ0v) is 12.9. The number of unbranched alkanes of at least 4 members (excludes halogenated alkanes) is 1. The molecule has 0 saturated carbocycles. The first-order valence-corrected chi connectivity index (χ1v) is 8.49. The molecule has 104 valence electrons. The molecule has 0 aromatic carbocycles. The normalized spacial score (nSPS) is 14.9. The van der Waals surface area contributed by atoms with Crippen molar-refractivity contribution < 1.29 is 8.42 Å². The van der Waals surface area contributed by atoms with E-state index in [1.165, 1.54) is 0 Å². The van der Waals surface area contributed by atoms with Crippen LogP contribution in [-0.4, -0.2) is 32.5 Å². The predicted molar refractivity (Wildman–Crippen MR) is 75.1 cm³/mol. The number of hydrogen-bond acceptors (Lipinski definition) is 3. The van der Waals surface area contributed by atoms with E-state index in [-0.39, 0.29) is 17.2 Å². The van der Waals surface area contributed by atoms with Gasteiger partial charge in [-0.1, -0.05) is 41.0 Å². The lowest BCUT2D eigenvalue weighted by Gasteiger charge is -2.31. The summed E-state index contributed by atoms with van der Waals surface area (Å²) in [6, 6.07) is 0.0457. The minimum Gasteiger partial charge on any atom is -0.312 e. The highest BCUT2D eigenvalue weighted by Crippen LogP contribution is 2.21. The highest BCUT2D eigenvalue weighted by molar-refractivity contribution is 7.91. The Morgan fingerprint density at radius 2 is 1.71 bits per heavy atom. The first-order chi connectivity index (χ1) is 7.73. The van der Waals surface area contributed by atoms with E-state index in [0.29, 0.717) is 5.75 Å². The van der Waals surface area contributed by atoms with Gasteiger partial charge in [-0.05, 0) is 24.8 Å². The molecule has 0 aromatic rings. The average Bonchev–Trinajstić information content (AvgIpc) is 2.20. The second-order valence-corrected chi connectivity index (χ2v) is 8.07. The molecule has 0 bridgehead atoms. The molecule has 4 heteroatoms. The molecular formula is C13H29NO2S. The van der Waals surface area contributed by atoms with Gasteiger partial charge in [0, 0.05) is 6.04 Å². The molecule has 0 aliphatic heterocycles. The summed E-state index contributed by atoms with van der Waals surface area (Å²) >= 11 is 0. The van der Waals surface area contributed by atoms with Crippen molar-refractivity contribution in [3.63, 3.8) is 0 Å². The molecule has 0 amide bonds. The highest BCUT2D eigenvalue weighted by Gasteiger charge is 2.28. The van der Waals surface area contributed by atoms with Crippen LogP contribution in [-0.2, 0) is 9.84 Å². The van der Waals surface area contributed by atoms with Gasteiger partial charge in [-0.2, -0.15) is 0 Å². The van der Waals surface area contributed by atoms with Gasteiger partial charge in [0.2, 0.25) is 0 Å². The van der Waals surface area contributed by atoms with Crippen molar-refractivity contribution in [3.05, 3.63) is 0 Å². The van der Waals surface area contributed by atoms with Gasteiger partial charge in [0.05, 0.1) is 11.5 Å². The molecule has 1 N–H and O–H groups in total. The summed E-state index contributed by atoms with van der Waals surface area (Å²) in [6.45, 7) is 11.3. The molecule has 3 nitrogen and oxygen atoms in total. The molecule has 0 spiro atoms. The second-order valence-electron chi connectivity index (χ2n) is 5.84. The minimum absolute atomic E-state index is 0.0194. The highest BCUT2D eigenvalue weighted by atomic mass is 32.2. The molecule has 0 aromatic heterocycles. The summed E-state index contributed by atoms with van der Waals surface area (Å²) in [5.41, 5.74) is -0.0194. The lowest BCUT2D eigenvalue weighted by atomic mass is 9.88. The number of sulfone groups is 1. The van der Waals surface area contributed by atoms with Crippen LogP contribution in [0.2, 0.25) is 0 Å². The Morgan fingerprint density at radius 3 is 2.12 bits per heavy atom. The largest absolute Gasteiger partial charge is 0.312 e. The van der Waals surface area contributed by atoms with E-state index in [2.05, 4.69) is 33.0 Å². The Bertz CT molecular complexity index is 291. The summed E-state index contributed by atoms with van der Waals surface area (Å²) in [5.74, 6) is 0.584. The summed E-state index contributed by atoms with van der Waals surface area (Å²) in [4.78, 5) is 0. The van der Waals surface area contributed by atoms with Crippen molar-refractivity contribution >= 4 is 9.84 Å². The Balaban J connectivity index is 4.52. The third-order valence-corrected chi connectivity index (χ3v) is 4.67. The number of rotatable bonds is 8. The van der Waals surface area contributed by atoms with E-state index in [1.54, 1.807) is 0 Å². The third kappa shape index (κ3) is 7.77. The van der Waals surface area contributed by atoms with Crippen LogP contribution < -0.4 is 5.32 Å². The molecular weight excluding hydrogens is 234 g/mol. The van der Waals surface area contributed by atoms with Gasteiger partial charge in [-0.3, -0.25) is 0 Å². The Hall–Kier alpha value is -0.0900. The van der Waals surface area contributed by atoms with Crippen LogP contribution in [0.3, 0.4) is 0 Å². The van der Waals surface area contributed by atoms with Gasteiger partial charge < -0.3 is 5.32 Å². The molecule has 0 aliphatic carbocycles. The summed E-state index contributed by atoms with van der Waals surface area (Å²) < 4.78 is 23.9. The van der Waals surface area contributed by atoms with Gasteiger partial charge in [-0.25, -0.2) is 8.42 Å². The smallest absolute Gasteiger partial charge is 0.151 e. The van der Waals surface area contributed by atoms with Crippen molar-refractivity contribution in [1.29, 1.82) is 0 Å². The molecule has 1 unspecified atom stereocenters. The fourth-order valence-corrected chi connectivity index (χ4v) is 3.66. The number of nitrogens with one attached hydrogen (secondary N) is 1. The predicted octanol–water partition coefficient (Wildman–Crippen LogP) is 2.62. The first kappa shape index (κ1) is 16.9. The maximum absolute atomic E-state index is 12.0. The van der Waals surface area contributed by atoms with Gasteiger partial charge in [0.25, 0.3) is 0 Å². The maximum Gasteiger partial charge on any atom is 0.151 e. The van der Waals surface area contributed by atoms with Gasteiger partial charge in [0.1, 0.15) is 0 Å². The maximum atomic E-state index is 12.0. The summed E-state index contributed by atoms with van der Waals surface area (Å²) in [6.07, 6.45) is 2.73. The molecule has 1 atom stereocenters. The van der Waals surface area contributed by atoms with Crippen LogP contribution in [0, 0.1) is 5.41 Å². The van der Waals surface area contributed by atoms with Crippen molar-refractivity contribution in [3.8, 4) is 0 Å². The molecule has 0 fully saturated rings. The van der Waals surface area contributed by atoms with E-state index >= 15 is 0 Å². The molecule has 0 saturated heterocycles. The van der Waals surface area contributed by atoms with E-state index in [1.807, 2.05) is 6.92 Å². The van der Waals surface area contributed by atoms with Crippen molar-refractivity contribution in [1.82, 2.24) is 5.32 Å². The van der Waals surface area contributed by atoms with E-state index in [4.69, 9.17) is 0 Å². The summed E-state index contributed by atoms with van der Waals surface area (Å²) in [7, 11) is -2.92. The SMILES string of the molecule is CCCCS(=O)(=O)CC(NCCC)C(C)(C)C. The van der Waals surface area contributed by atoms with Crippen LogP contribution in [0.4, 0.5) is 0 Å². The Morgan fingerprint density at radius 1 is 1.12 bits per heavy atom. The van der Waals surface area contributed by atoms with Gasteiger partial charge >= 0.3 is 0 Å². The zero-order chi connectivity index (χ0) is 13.5. The lowest BCUT2D eigenvalue weighted by molar-refractivity contribution is 0.288. The van der Waals surface area contributed by atoms with Crippen molar-refractivity contribution in [2.45, 2.75) is 59.9 Å². The quantitative estimate of drug-likeness (QED) is 0.732. The number of hydrogen-bond donors (Lipinski definition) is 1. The van der Waals surface area contributed by atoms with Crippen LogP contribution >= 0.6 is 0 Å². The lowest BCUT2D eigenvalue weighted by Crippen LogP contribution is -2.46. The average molecular weight is 263 g/mol. The van der Waals surface area contributed by atoms with Crippen LogP contribution in [0.25, 0.3) is 0 Å². The van der Waals surface area contributed by atoms with E-state index < -0.39 is 9.84 Å². The van der Waals surface area contributed by atoms with Crippen LogP contribution in [0.5, 0.6) is 0 Å². The van der Waals surface area contributed by atoms with E-state index in [9.17, 15) is 8.42 Å². The van der Waals surface area contributed by atoms with E-state index in [0.717, 1.165) is 25.8 Å². The molecule has 0 rings (SSSR count). The molecule has 0 heterocycles. The van der Waals surface area contributed by atoms with Crippen molar-refractivity contribution in [2.75, 3.05) is 18.1 Å². The topological polar surface area (TPSA) is 46.2 Å². The monoisotopic (exact) mass is 263 g/mol. The first-order valence-electron chi connectivity index (χ1n) is 6.66. The standard InChI is InChI=1S/C13H29NO2S/c1-6-8-10-17(15,16)11-12(13(3,4)5)14-9-7-2/h12,14H,6-11H2,1-5H3. The van der Waals surface area contributed by atoms with Crippen LogP contribution in [0.15, 0.2) is 0 Å². The van der Waals surface area contributed by atoms with Gasteiger partial charge in [-0.15, -0.1) is 0 Å². The Labute approximate surface area is 107 Å². The minimum atomic E-state index is -2.92. The second kappa shape index (κ2) is 7.37. The van der Waals surface area contributed by atoms with Crippen molar-refractivity contribution in [2.24, 2.45) is 5.41 Å². The fourth-order valence-electron chi connectivity index (χ4n) is 1.64. The molecule has 0 aliphatic rings. The zero-order valence-electron chi connectivity index (χ0n) is 12.0. The fraction of sp³-hybridized carbons (Fsp3) is 1.00. The molecule has 17 heavy (non-hydrogen) atoms. The third-order valence-electron chi connectivity index (χ3n) is 2.92. The summed E-state index contributed by atoms with van der Waals surface area (Å²) in [5, 5.41) is 3.36. The molecule has 0 radical (unpaired) electrons. The van der Waals surface area contributed by atoms with Gasteiger partial charge in [0.15, 0.2) is 9.84 Å². The van der Waals surface area contributed by atoms with Crippen LogP contribution in [0.1, 0.15) is 53.9 Å². The Kier molecular flexibility index (Phi) is 7.33.